The number of carbonyl (C=O) groups excluding carboxylic acids is 2. The van der Waals surface area contributed by atoms with Gasteiger partial charge in [-0.3, -0.25) is 9.59 Å². The van der Waals surface area contributed by atoms with Crippen LogP contribution in [0.15, 0.2) is 59.6 Å². The number of amides is 2. The predicted octanol–water partition coefficient (Wildman–Crippen LogP) is 4.69. The third-order valence-corrected chi connectivity index (χ3v) is 5.86. The summed E-state index contributed by atoms with van der Waals surface area (Å²) < 4.78 is 13.3. The lowest BCUT2D eigenvalue weighted by Crippen LogP contribution is -2.32. The van der Waals surface area contributed by atoms with E-state index in [-0.39, 0.29) is 24.1 Å². The van der Waals surface area contributed by atoms with Crippen molar-refractivity contribution in [3.8, 4) is 11.3 Å². The number of hydrogen-bond donors (Lipinski definition) is 2. The summed E-state index contributed by atoms with van der Waals surface area (Å²) in [5, 5.41) is 8.54. The van der Waals surface area contributed by atoms with Crippen molar-refractivity contribution in [2.45, 2.75) is 26.2 Å². The molecule has 2 heterocycles. The van der Waals surface area contributed by atoms with E-state index >= 15 is 0 Å². The van der Waals surface area contributed by atoms with Crippen molar-refractivity contribution in [1.29, 1.82) is 0 Å². The number of nitrogens with zero attached hydrogens (tertiary/aromatic N) is 1. The molecule has 0 saturated carbocycles. The molecule has 5 nitrogen and oxygen atoms in total. The topological polar surface area (TPSA) is 71.1 Å². The molecule has 7 heteroatoms. The number of carbonyl (C=O) groups is 2. The van der Waals surface area contributed by atoms with Gasteiger partial charge in [0.1, 0.15) is 5.82 Å². The Morgan fingerprint density at radius 1 is 1.20 bits per heavy atom. The molecule has 152 valence electrons. The van der Waals surface area contributed by atoms with Crippen LogP contribution in [-0.4, -0.2) is 16.8 Å². The van der Waals surface area contributed by atoms with Gasteiger partial charge >= 0.3 is 0 Å². The SMILES string of the molecule is Cc1nc(-c2ccc(C)c(NC(=O)C3=CNC(=O)C[C@H]3c3ccc(F)cc3)c2)cs1. The van der Waals surface area contributed by atoms with Crippen molar-refractivity contribution < 1.29 is 14.0 Å². The molecule has 0 bridgehead atoms. The van der Waals surface area contributed by atoms with E-state index in [2.05, 4.69) is 15.6 Å². The van der Waals surface area contributed by atoms with E-state index in [0.29, 0.717) is 11.3 Å². The number of aromatic nitrogens is 1. The number of halogens is 1. The van der Waals surface area contributed by atoms with Gasteiger partial charge in [-0.05, 0) is 43.2 Å². The van der Waals surface area contributed by atoms with Crippen LogP contribution >= 0.6 is 11.3 Å². The molecular weight excluding hydrogens is 401 g/mol. The number of nitrogens with one attached hydrogen (secondary N) is 2. The number of thiazole rings is 1. The molecule has 0 spiro atoms. The van der Waals surface area contributed by atoms with E-state index in [1.807, 2.05) is 37.4 Å². The van der Waals surface area contributed by atoms with E-state index in [0.717, 1.165) is 27.4 Å². The van der Waals surface area contributed by atoms with Gasteiger partial charge in [-0.15, -0.1) is 11.3 Å². The maximum absolute atomic E-state index is 13.3. The molecule has 2 aromatic carbocycles. The molecule has 0 aliphatic carbocycles. The average Bonchev–Trinajstić information content (AvgIpc) is 3.16. The maximum Gasteiger partial charge on any atom is 0.253 e. The van der Waals surface area contributed by atoms with E-state index < -0.39 is 5.92 Å². The van der Waals surface area contributed by atoms with Crippen LogP contribution in [0.5, 0.6) is 0 Å². The lowest BCUT2D eigenvalue weighted by molar-refractivity contribution is -0.121. The molecule has 1 aliphatic rings. The second-order valence-corrected chi connectivity index (χ2v) is 8.27. The number of anilines is 1. The van der Waals surface area contributed by atoms with Gasteiger partial charge in [0.15, 0.2) is 0 Å². The quantitative estimate of drug-likeness (QED) is 0.642. The highest BCUT2D eigenvalue weighted by atomic mass is 32.1. The Kier molecular flexibility index (Phi) is 5.46. The molecule has 1 atom stereocenters. The number of aryl methyl sites for hydroxylation is 2. The molecule has 4 rings (SSSR count). The summed E-state index contributed by atoms with van der Waals surface area (Å²) >= 11 is 1.57. The van der Waals surface area contributed by atoms with Gasteiger partial charge in [-0.25, -0.2) is 9.37 Å². The second-order valence-electron chi connectivity index (χ2n) is 7.21. The van der Waals surface area contributed by atoms with Crippen LogP contribution in [0.3, 0.4) is 0 Å². The fraction of sp³-hybridized carbons (Fsp3) is 0.174. The smallest absolute Gasteiger partial charge is 0.253 e. The van der Waals surface area contributed by atoms with E-state index in [9.17, 15) is 14.0 Å². The van der Waals surface area contributed by atoms with Crippen LogP contribution in [0.1, 0.15) is 28.5 Å². The fourth-order valence-corrected chi connectivity index (χ4v) is 4.06. The van der Waals surface area contributed by atoms with Crippen LogP contribution in [-0.2, 0) is 9.59 Å². The van der Waals surface area contributed by atoms with Crippen molar-refractivity contribution in [3.05, 3.63) is 81.6 Å². The van der Waals surface area contributed by atoms with Crippen LogP contribution in [0.4, 0.5) is 10.1 Å². The molecular formula is C23H20FN3O2S. The number of rotatable bonds is 4. The highest BCUT2D eigenvalue weighted by Gasteiger charge is 2.29. The summed E-state index contributed by atoms with van der Waals surface area (Å²) in [7, 11) is 0. The third-order valence-electron chi connectivity index (χ3n) is 5.09. The van der Waals surface area contributed by atoms with Crippen molar-refractivity contribution in [3.63, 3.8) is 0 Å². The van der Waals surface area contributed by atoms with Crippen LogP contribution < -0.4 is 10.6 Å². The Hall–Kier alpha value is -3.32. The Bertz CT molecular complexity index is 1150. The lowest BCUT2D eigenvalue weighted by atomic mass is 9.86. The summed E-state index contributed by atoms with van der Waals surface area (Å²) in [5.74, 6) is -1.29. The third kappa shape index (κ3) is 4.16. The zero-order valence-electron chi connectivity index (χ0n) is 16.5. The monoisotopic (exact) mass is 421 g/mol. The molecule has 1 aromatic heterocycles. The van der Waals surface area contributed by atoms with Gasteiger partial charge in [-0.2, -0.15) is 0 Å². The summed E-state index contributed by atoms with van der Waals surface area (Å²) in [4.78, 5) is 29.5. The molecule has 2 amide bonds. The van der Waals surface area contributed by atoms with Crippen molar-refractivity contribution in [2.24, 2.45) is 0 Å². The van der Waals surface area contributed by atoms with E-state index in [4.69, 9.17) is 0 Å². The fourth-order valence-electron chi connectivity index (χ4n) is 3.44. The van der Waals surface area contributed by atoms with Crippen molar-refractivity contribution in [2.75, 3.05) is 5.32 Å². The highest BCUT2D eigenvalue weighted by molar-refractivity contribution is 7.09. The average molecular weight is 421 g/mol. The summed E-state index contributed by atoms with van der Waals surface area (Å²) in [5.41, 5.74) is 4.52. The first-order chi connectivity index (χ1) is 14.4. The molecule has 0 fully saturated rings. The van der Waals surface area contributed by atoms with Crippen LogP contribution in [0.2, 0.25) is 0 Å². The van der Waals surface area contributed by atoms with Gasteiger partial charge in [0.05, 0.1) is 10.7 Å². The minimum Gasteiger partial charge on any atom is -0.332 e. The van der Waals surface area contributed by atoms with Gasteiger partial charge in [0, 0.05) is 40.7 Å². The molecule has 1 aliphatic heterocycles. The molecule has 0 saturated heterocycles. The maximum atomic E-state index is 13.3. The number of benzene rings is 2. The van der Waals surface area contributed by atoms with Gasteiger partial charge in [0.25, 0.3) is 5.91 Å². The molecule has 3 aromatic rings. The first kappa shape index (κ1) is 20.0. The molecule has 0 unspecified atom stereocenters. The van der Waals surface area contributed by atoms with E-state index in [1.54, 1.807) is 23.5 Å². The zero-order chi connectivity index (χ0) is 21.3. The highest BCUT2D eigenvalue weighted by Crippen LogP contribution is 2.32. The largest absolute Gasteiger partial charge is 0.332 e. The minimum absolute atomic E-state index is 0.127. The van der Waals surface area contributed by atoms with Gasteiger partial charge in [0.2, 0.25) is 5.91 Å². The van der Waals surface area contributed by atoms with E-state index in [1.165, 1.54) is 18.3 Å². The van der Waals surface area contributed by atoms with Gasteiger partial charge < -0.3 is 10.6 Å². The Balaban J connectivity index is 1.62. The first-order valence-electron chi connectivity index (χ1n) is 9.50. The van der Waals surface area contributed by atoms with Crippen molar-refractivity contribution in [1.82, 2.24) is 10.3 Å². The van der Waals surface area contributed by atoms with Gasteiger partial charge in [-0.1, -0.05) is 24.3 Å². The Morgan fingerprint density at radius 2 is 1.97 bits per heavy atom. The number of hydrogen-bond acceptors (Lipinski definition) is 4. The normalized spacial score (nSPS) is 16.0. The molecule has 30 heavy (non-hydrogen) atoms. The predicted molar refractivity (Wildman–Crippen MR) is 116 cm³/mol. The summed E-state index contributed by atoms with van der Waals surface area (Å²) in [6.45, 7) is 3.87. The first-order valence-corrected chi connectivity index (χ1v) is 10.4. The Morgan fingerprint density at radius 3 is 2.67 bits per heavy atom. The lowest BCUT2D eigenvalue weighted by Gasteiger charge is -2.24. The van der Waals surface area contributed by atoms with Crippen molar-refractivity contribution >= 4 is 28.8 Å². The summed E-state index contributed by atoms with van der Waals surface area (Å²) in [6.07, 6.45) is 1.57. The van der Waals surface area contributed by atoms with Crippen LogP contribution in [0.25, 0.3) is 11.3 Å². The minimum atomic E-state index is -0.441. The summed E-state index contributed by atoms with van der Waals surface area (Å²) in [6, 6.07) is 11.7. The van der Waals surface area contributed by atoms with Crippen LogP contribution in [0, 0.1) is 19.7 Å². The molecule has 2 N–H and O–H groups in total. The molecule has 0 radical (unpaired) electrons. The Labute approximate surface area is 177 Å². The standard InChI is InChI=1S/C23H20FN3O2S/c1-13-3-4-16(21-12-30-14(2)26-21)9-20(13)27-23(29)19-11-25-22(28)10-18(19)15-5-7-17(24)8-6-15/h3-9,11-12,18H,10H2,1-2H3,(H,25,28)(H,27,29)/t18-/m0/s1. The second kappa shape index (κ2) is 8.20. The zero-order valence-corrected chi connectivity index (χ0v) is 17.3.